The molecular weight excluding hydrogens is 354 g/mol. The molecule has 26 heavy (non-hydrogen) atoms. The molecule has 1 N–H and O–H groups in total. The van der Waals surface area contributed by atoms with E-state index in [2.05, 4.69) is 9.57 Å². The van der Waals surface area contributed by atoms with Crippen LogP contribution in [-0.2, 0) is 43.1 Å². The first kappa shape index (κ1) is 21.2. The number of hydrogen-bond donors (Lipinski definition) is 1. The van der Waals surface area contributed by atoms with E-state index in [1.807, 2.05) is 0 Å². The van der Waals surface area contributed by atoms with E-state index in [1.54, 1.807) is 0 Å². The number of rotatable bonds is 8. The fraction of sp³-hybridized carbons (Fsp3) is 0.600. The minimum absolute atomic E-state index is 0.117. The monoisotopic (exact) mass is 373 g/mol. The number of Topliss-reactive ketones (excluding diaryl/α,β-unsaturated/α-hetero) is 1. The van der Waals surface area contributed by atoms with Crippen LogP contribution in [0.5, 0.6) is 0 Å². The molecule has 2 amide bonds. The molecule has 0 aromatic carbocycles. The lowest BCUT2D eigenvalue weighted by Gasteiger charge is -2.23. The summed E-state index contributed by atoms with van der Waals surface area (Å²) in [6.07, 6.45) is -3.76. The second-order valence-electron chi connectivity index (χ2n) is 5.51. The summed E-state index contributed by atoms with van der Waals surface area (Å²) in [4.78, 5) is 73.5. The van der Waals surface area contributed by atoms with Gasteiger partial charge >= 0.3 is 17.9 Å². The van der Waals surface area contributed by atoms with Crippen LogP contribution < -0.4 is 0 Å². The Bertz CT molecular complexity index is 612. The first-order chi connectivity index (χ1) is 12.0. The number of carbonyl (C=O) groups is 6. The first-order valence-electron chi connectivity index (χ1n) is 7.64. The standard InChI is InChI=1S/C15H19NO10/c1-7(15(23)26-16-11(19)4-5-12(16)20)13(21)14(22)10(25-9(3)18)6-24-8(2)17/h7,10,14,22H,4-6H2,1-3H3. The molecule has 11 nitrogen and oxygen atoms in total. The second kappa shape index (κ2) is 9.04. The number of hydroxylamine groups is 2. The van der Waals surface area contributed by atoms with Gasteiger partial charge < -0.3 is 19.4 Å². The number of imide groups is 1. The van der Waals surface area contributed by atoms with Crippen molar-refractivity contribution in [2.45, 2.75) is 45.8 Å². The number of nitrogens with zero attached hydrogens (tertiary/aromatic N) is 1. The summed E-state index contributed by atoms with van der Waals surface area (Å²) in [5, 5.41) is 10.3. The highest BCUT2D eigenvalue weighted by molar-refractivity contribution is 6.04. The maximum atomic E-state index is 12.2. The van der Waals surface area contributed by atoms with Crippen LogP contribution in [0.1, 0.15) is 33.6 Å². The Hall–Kier alpha value is -2.82. The van der Waals surface area contributed by atoms with Crippen molar-refractivity contribution in [2.24, 2.45) is 5.92 Å². The normalized spacial score (nSPS) is 17.3. The number of esters is 2. The molecule has 1 heterocycles. The van der Waals surface area contributed by atoms with Crippen molar-refractivity contribution < 1.29 is 48.2 Å². The number of amides is 2. The van der Waals surface area contributed by atoms with Gasteiger partial charge in [-0.25, -0.2) is 4.79 Å². The smallest absolute Gasteiger partial charge is 0.343 e. The third kappa shape index (κ3) is 5.62. The third-order valence-electron chi connectivity index (χ3n) is 3.38. The molecule has 0 spiro atoms. The van der Waals surface area contributed by atoms with Gasteiger partial charge in [0.05, 0.1) is 0 Å². The highest BCUT2D eigenvalue weighted by Gasteiger charge is 2.39. The van der Waals surface area contributed by atoms with E-state index in [4.69, 9.17) is 4.74 Å². The van der Waals surface area contributed by atoms with Crippen molar-refractivity contribution in [2.75, 3.05) is 6.61 Å². The molecule has 0 radical (unpaired) electrons. The lowest BCUT2D eigenvalue weighted by atomic mass is 9.98. The predicted octanol–water partition coefficient (Wildman–Crippen LogP) is -1.35. The van der Waals surface area contributed by atoms with E-state index in [-0.39, 0.29) is 17.9 Å². The van der Waals surface area contributed by atoms with Gasteiger partial charge in [0.2, 0.25) is 0 Å². The van der Waals surface area contributed by atoms with E-state index in [9.17, 15) is 33.9 Å². The summed E-state index contributed by atoms with van der Waals surface area (Å²) in [7, 11) is 0. The number of aliphatic hydroxyl groups is 1. The highest BCUT2D eigenvalue weighted by atomic mass is 16.7. The van der Waals surface area contributed by atoms with Crippen LogP contribution in [0.4, 0.5) is 0 Å². The molecule has 1 saturated heterocycles. The predicted molar refractivity (Wildman–Crippen MR) is 79.5 cm³/mol. The maximum Gasteiger partial charge on any atom is 0.343 e. The Balaban J connectivity index is 2.77. The molecule has 144 valence electrons. The van der Waals surface area contributed by atoms with E-state index in [0.717, 1.165) is 20.8 Å². The summed E-state index contributed by atoms with van der Waals surface area (Å²) in [5.41, 5.74) is 0. The molecule has 3 unspecified atom stereocenters. The summed E-state index contributed by atoms with van der Waals surface area (Å²) >= 11 is 0. The van der Waals surface area contributed by atoms with Crippen LogP contribution in [0.3, 0.4) is 0 Å². The zero-order valence-corrected chi connectivity index (χ0v) is 14.4. The van der Waals surface area contributed by atoms with Gasteiger partial charge in [-0.05, 0) is 6.92 Å². The van der Waals surface area contributed by atoms with Crippen molar-refractivity contribution in [3.8, 4) is 0 Å². The van der Waals surface area contributed by atoms with Gasteiger partial charge in [-0.15, -0.1) is 5.06 Å². The fourth-order valence-electron chi connectivity index (χ4n) is 1.98. The zero-order chi connectivity index (χ0) is 20.0. The van der Waals surface area contributed by atoms with Gasteiger partial charge in [0.1, 0.15) is 12.5 Å². The molecule has 1 fully saturated rings. The molecule has 0 aromatic rings. The minimum Gasteiger partial charge on any atom is -0.462 e. The lowest BCUT2D eigenvalue weighted by Crippen LogP contribution is -2.45. The van der Waals surface area contributed by atoms with Crippen molar-refractivity contribution in [3.05, 3.63) is 0 Å². The topological polar surface area (TPSA) is 154 Å². The average molecular weight is 373 g/mol. The second-order valence-corrected chi connectivity index (χ2v) is 5.51. The van der Waals surface area contributed by atoms with Crippen LogP contribution in [0, 0.1) is 5.92 Å². The number of ketones is 1. The van der Waals surface area contributed by atoms with Crippen molar-refractivity contribution in [1.29, 1.82) is 0 Å². The van der Waals surface area contributed by atoms with Crippen molar-refractivity contribution in [1.82, 2.24) is 5.06 Å². The van der Waals surface area contributed by atoms with Crippen LogP contribution in [-0.4, -0.2) is 64.5 Å². The van der Waals surface area contributed by atoms with Crippen LogP contribution >= 0.6 is 0 Å². The zero-order valence-electron chi connectivity index (χ0n) is 14.4. The third-order valence-corrected chi connectivity index (χ3v) is 3.38. The number of hydrogen-bond acceptors (Lipinski definition) is 10. The Labute approximate surface area is 148 Å². The minimum atomic E-state index is -1.99. The highest BCUT2D eigenvalue weighted by Crippen LogP contribution is 2.16. The van der Waals surface area contributed by atoms with E-state index >= 15 is 0 Å². The number of ether oxygens (including phenoxy) is 2. The summed E-state index contributed by atoms with van der Waals surface area (Å²) < 4.78 is 9.33. The van der Waals surface area contributed by atoms with Gasteiger partial charge in [0, 0.05) is 26.7 Å². The molecule has 11 heteroatoms. The van der Waals surface area contributed by atoms with Crippen molar-refractivity contribution in [3.63, 3.8) is 0 Å². The van der Waals surface area contributed by atoms with Crippen molar-refractivity contribution >= 4 is 35.5 Å². The molecule has 1 aliphatic heterocycles. The Morgan fingerprint density at radius 2 is 1.62 bits per heavy atom. The Kier molecular flexibility index (Phi) is 7.38. The molecule has 1 aliphatic rings. The molecular formula is C15H19NO10. The van der Waals surface area contributed by atoms with E-state index < -0.39 is 60.2 Å². The SMILES string of the molecule is CC(=O)OCC(OC(C)=O)C(O)C(=O)C(C)C(=O)ON1C(=O)CCC1=O. The number of aliphatic hydroxyl groups excluding tert-OH is 1. The molecule has 0 bridgehead atoms. The molecule has 1 rings (SSSR count). The van der Waals surface area contributed by atoms with Gasteiger partial charge in [0.25, 0.3) is 11.8 Å². The first-order valence-corrected chi connectivity index (χ1v) is 7.64. The molecule has 0 aromatic heterocycles. The molecule has 0 aliphatic carbocycles. The maximum absolute atomic E-state index is 12.2. The van der Waals surface area contributed by atoms with Crippen LogP contribution in [0.25, 0.3) is 0 Å². The quantitative estimate of drug-likeness (QED) is 0.307. The van der Waals surface area contributed by atoms with Gasteiger partial charge in [0.15, 0.2) is 18.0 Å². The Morgan fingerprint density at radius 1 is 1.08 bits per heavy atom. The Morgan fingerprint density at radius 3 is 2.08 bits per heavy atom. The largest absolute Gasteiger partial charge is 0.462 e. The van der Waals surface area contributed by atoms with Gasteiger partial charge in [-0.3, -0.25) is 24.0 Å². The average Bonchev–Trinajstić information content (AvgIpc) is 2.87. The summed E-state index contributed by atoms with van der Waals surface area (Å²) in [6, 6.07) is 0. The molecule has 0 saturated carbocycles. The molecule has 3 atom stereocenters. The van der Waals surface area contributed by atoms with Crippen LogP contribution in [0.15, 0.2) is 0 Å². The van der Waals surface area contributed by atoms with E-state index in [1.165, 1.54) is 0 Å². The number of carbonyl (C=O) groups excluding carboxylic acids is 6. The van der Waals surface area contributed by atoms with E-state index in [0.29, 0.717) is 0 Å². The van der Waals surface area contributed by atoms with Gasteiger partial charge in [-0.2, -0.15) is 0 Å². The van der Waals surface area contributed by atoms with Crippen LogP contribution in [0.2, 0.25) is 0 Å². The lowest BCUT2D eigenvalue weighted by molar-refractivity contribution is -0.201. The van der Waals surface area contributed by atoms with Gasteiger partial charge in [-0.1, -0.05) is 0 Å². The summed E-state index contributed by atoms with van der Waals surface area (Å²) in [5.74, 6) is -6.97. The summed E-state index contributed by atoms with van der Waals surface area (Å²) in [6.45, 7) is 2.56. The fourth-order valence-corrected chi connectivity index (χ4v) is 1.98.